The van der Waals surface area contributed by atoms with E-state index < -0.39 is 4.92 Å². The number of nitro benzene ring substituents is 1. The van der Waals surface area contributed by atoms with Crippen LogP contribution in [0.1, 0.15) is 27.9 Å². The van der Waals surface area contributed by atoms with Crippen LogP contribution in [0, 0.1) is 17.0 Å². The Balaban J connectivity index is 1.80. The molecule has 0 aliphatic heterocycles. The molecule has 0 aliphatic carbocycles. The van der Waals surface area contributed by atoms with E-state index in [1.807, 2.05) is 6.07 Å². The molecule has 0 radical (unpaired) electrons. The van der Waals surface area contributed by atoms with Crippen LogP contribution in [0.15, 0.2) is 42.5 Å². The molecule has 0 fully saturated rings. The van der Waals surface area contributed by atoms with E-state index in [2.05, 4.69) is 10.6 Å². The van der Waals surface area contributed by atoms with E-state index in [-0.39, 0.29) is 18.2 Å². The van der Waals surface area contributed by atoms with Gasteiger partial charge < -0.3 is 15.7 Å². The number of amides is 1. The number of anilines is 1. The predicted molar refractivity (Wildman–Crippen MR) is 95.6 cm³/mol. The van der Waals surface area contributed by atoms with Gasteiger partial charge in [0.05, 0.1) is 11.5 Å². The third-order valence-electron chi connectivity index (χ3n) is 3.68. The third-order valence-corrected chi connectivity index (χ3v) is 3.68. The van der Waals surface area contributed by atoms with Crippen molar-refractivity contribution in [1.29, 1.82) is 0 Å². The SMILES string of the molecule is Cc1ccc(NCCCNC(=O)c2cccc(CO)c2)c([N+](=O)[O-])c1. The Morgan fingerprint density at radius 2 is 2.00 bits per heavy atom. The fourth-order valence-electron chi connectivity index (χ4n) is 2.37. The lowest BCUT2D eigenvalue weighted by Gasteiger charge is -2.09. The number of aliphatic hydroxyl groups excluding tert-OH is 1. The Bertz CT molecular complexity index is 762. The van der Waals surface area contributed by atoms with Crippen molar-refractivity contribution in [1.82, 2.24) is 5.32 Å². The van der Waals surface area contributed by atoms with Crippen molar-refractivity contribution in [3.63, 3.8) is 0 Å². The Kier molecular flexibility index (Phi) is 6.47. The zero-order valence-corrected chi connectivity index (χ0v) is 14.0. The highest BCUT2D eigenvalue weighted by molar-refractivity contribution is 5.94. The van der Waals surface area contributed by atoms with Gasteiger partial charge in [-0.3, -0.25) is 14.9 Å². The highest BCUT2D eigenvalue weighted by atomic mass is 16.6. The summed E-state index contributed by atoms with van der Waals surface area (Å²) in [5.41, 5.74) is 2.52. The van der Waals surface area contributed by atoms with Crippen molar-refractivity contribution in [2.24, 2.45) is 0 Å². The average Bonchev–Trinajstić information content (AvgIpc) is 2.62. The van der Waals surface area contributed by atoms with Gasteiger partial charge in [-0.2, -0.15) is 0 Å². The highest BCUT2D eigenvalue weighted by Crippen LogP contribution is 2.25. The minimum absolute atomic E-state index is 0.0462. The van der Waals surface area contributed by atoms with Gasteiger partial charge in [-0.25, -0.2) is 0 Å². The fourth-order valence-corrected chi connectivity index (χ4v) is 2.37. The third kappa shape index (κ3) is 5.29. The number of nitrogens with zero attached hydrogens (tertiary/aromatic N) is 1. The summed E-state index contributed by atoms with van der Waals surface area (Å²) in [6.07, 6.45) is 0.621. The first-order valence-corrected chi connectivity index (χ1v) is 7.98. The molecule has 0 aromatic heterocycles. The molecule has 2 rings (SSSR count). The molecule has 0 unspecified atom stereocenters. The van der Waals surface area contributed by atoms with Crippen LogP contribution in [-0.2, 0) is 6.61 Å². The second kappa shape index (κ2) is 8.79. The molecule has 25 heavy (non-hydrogen) atoms. The summed E-state index contributed by atoms with van der Waals surface area (Å²) in [6, 6.07) is 11.8. The molecule has 2 aromatic carbocycles. The minimum atomic E-state index is -0.411. The van der Waals surface area contributed by atoms with E-state index in [1.165, 1.54) is 6.07 Å². The molecule has 0 saturated carbocycles. The standard InChI is InChI=1S/C18H21N3O4/c1-13-6-7-16(17(10-13)21(24)25)19-8-3-9-20-18(23)15-5-2-4-14(11-15)12-22/h2,4-7,10-11,19,22H,3,8-9,12H2,1H3,(H,20,23). The summed E-state index contributed by atoms with van der Waals surface area (Å²) < 4.78 is 0. The highest BCUT2D eigenvalue weighted by Gasteiger charge is 2.13. The van der Waals surface area contributed by atoms with E-state index >= 15 is 0 Å². The maximum atomic E-state index is 12.0. The first-order valence-electron chi connectivity index (χ1n) is 7.98. The van der Waals surface area contributed by atoms with E-state index in [0.717, 1.165) is 5.56 Å². The van der Waals surface area contributed by atoms with Gasteiger partial charge >= 0.3 is 0 Å². The number of carbonyl (C=O) groups excluding carboxylic acids is 1. The van der Waals surface area contributed by atoms with E-state index in [4.69, 9.17) is 5.11 Å². The second-order valence-electron chi connectivity index (χ2n) is 5.67. The van der Waals surface area contributed by atoms with Crippen LogP contribution in [0.5, 0.6) is 0 Å². The molecular weight excluding hydrogens is 322 g/mol. The largest absolute Gasteiger partial charge is 0.392 e. The second-order valence-corrected chi connectivity index (χ2v) is 5.67. The number of aliphatic hydroxyl groups is 1. The number of benzene rings is 2. The number of carbonyl (C=O) groups is 1. The maximum Gasteiger partial charge on any atom is 0.292 e. The van der Waals surface area contributed by atoms with Crippen LogP contribution >= 0.6 is 0 Å². The average molecular weight is 343 g/mol. The lowest BCUT2D eigenvalue weighted by Crippen LogP contribution is -2.26. The Hall–Kier alpha value is -2.93. The molecule has 0 bridgehead atoms. The normalized spacial score (nSPS) is 10.3. The van der Waals surface area contributed by atoms with Crippen molar-refractivity contribution in [3.05, 3.63) is 69.3 Å². The molecule has 0 heterocycles. The van der Waals surface area contributed by atoms with E-state index in [1.54, 1.807) is 37.3 Å². The Labute approximate surface area is 145 Å². The number of aryl methyl sites for hydroxylation is 1. The molecule has 1 amide bonds. The molecule has 7 heteroatoms. The van der Waals surface area contributed by atoms with E-state index in [9.17, 15) is 14.9 Å². The molecule has 0 atom stereocenters. The van der Waals surface area contributed by atoms with Crippen molar-refractivity contribution in [2.75, 3.05) is 18.4 Å². The van der Waals surface area contributed by atoms with Crippen molar-refractivity contribution >= 4 is 17.3 Å². The zero-order chi connectivity index (χ0) is 18.2. The number of hydrogen-bond acceptors (Lipinski definition) is 5. The first-order chi connectivity index (χ1) is 12.0. The van der Waals surface area contributed by atoms with Crippen LogP contribution in [0.2, 0.25) is 0 Å². The smallest absolute Gasteiger partial charge is 0.292 e. The van der Waals surface area contributed by atoms with Gasteiger partial charge in [0.1, 0.15) is 5.69 Å². The molecular formula is C18H21N3O4. The van der Waals surface area contributed by atoms with Crippen molar-refractivity contribution in [3.8, 4) is 0 Å². The van der Waals surface area contributed by atoms with Crippen LogP contribution in [-0.4, -0.2) is 29.0 Å². The summed E-state index contributed by atoms with van der Waals surface area (Å²) in [4.78, 5) is 22.7. The predicted octanol–water partition coefficient (Wildman–Crippen LogP) is 2.63. The molecule has 0 spiro atoms. The van der Waals surface area contributed by atoms with Crippen molar-refractivity contribution in [2.45, 2.75) is 20.0 Å². The van der Waals surface area contributed by atoms with Crippen LogP contribution in [0.3, 0.4) is 0 Å². The molecule has 2 aromatic rings. The van der Waals surface area contributed by atoms with Crippen LogP contribution in [0.25, 0.3) is 0 Å². The van der Waals surface area contributed by atoms with Crippen LogP contribution in [0.4, 0.5) is 11.4 Å². The van der Waals surface area contributed by atoms with Gasteiger partial charge in [-0.05, 0) is 42.7 Å². The molecule has 0 aliphatic rings. The molecule has 7 nitrogen and oxygen atoms in total. The van der Waals surface area contributed by atoms with Gasteiger partial charge in [0.15, 0.2) is 0 Å². The number of nitro groups is 1. The van der Waals surface area contributed by atoms with Gasteiger partial charge in [0, 0.05) is 24.7 Å². The van der Waals surface area contributed by atoms with E-state index in [0.29, 0.717) is 36.3 Å². The van der Waals surface area contributed by atoms with Crippen molar-refractivity contribution < 1.29 is 14.8 Å². The summed E-state index contributed by atoms with van der Waals surface area (Å²) >= 11 is 0. The zero-order valence-electron chi connectivity index (χ0n) is 14.0. The monoisotopic (exact) mass is 343 g/mol. The summed E-state index contributed by atoms with van der Waals surface area (Å²) in [5, 5.41) is 26.0. The molecule has 132 valence electrons. The van der Waals surface area contributed by atoms with Gasteiger partial charge in [-0.15, -0.1) is 0 Å². The summed E-state index contributed by atoms with van der Waals surface area (Å²) in [7, 11) is 0. The van der Waals surface area contributed by atoms with Gasteiger partial charge in [0.2, 0.25) is 0 Å². The van der Waals surface area contributed by atoms with Crippen LogP contribution < -0.4 is 10.6 Å². The Morgan fingerprint density at radius 3 is 2.72 bits per heavy atom. The number of rotatable bonds is 8. The maximum absolute atomic E-state index is 12.0. The minimum Gasteiger partial charge on any atom is -0.392 e. The number of hydrogen-bond donors (Lipinski definition) is 3. The summed E-state index contributed by atoms with van der Waals surface area (Å²) in [6.45, 7) is 2.63. The molecule has 0 saturated heterocycles. The first kappa shape index (κ1) is 18.4. The number of nitrogens with one attached hydrogen (secondary N) is 2. The lowest BCUT2D eigenvalue weighted by molar-refractivity contribution is -0.384. The fraction of sp³-hybridized carbons (Fsp3) is 0.278. The lowest BCUT2D eigenvalue weighted by atomic mass is 10.1. The topological polar surface area (TPSA) is 104 Å². The summed E-state index contributed by atoms with van der Waals surface area (Å²) in [5.74, 6) is -0.211. The van der Waals surface area contributed by atoms with Gasteiger partial charge in [-0.1, -0.05) is 18.2 Å². The molecule has 3 N–H and O–H groups in total. The quantitative estimate of drug-likeness (QED) is 0.388. The van der Waals surface area contributed by atoms with Gasteiger partial charge in [0.25, 0.3) is 11.6 Å². The Morgan fingerprint density at radius 1 is 1.20 bits per heavy atom.